The fourth-order valence-corrected chi connectivity index (χ4v) is 13.7. The largest absolute Gasteiger partial charge is 0.390 e. The van der Waals surface area contributed by atoms with Crippen LogP contribution in [-0.2, 0) is 52.7 Å². The Morgan fingerprint density at radius 3 is 1.32 bits per heavy atom. The third-order valence-electron chi connectivity index (χ3n) is 18.5. The molecule has 0 aromatic heterocycles. The molecule has 5 N–H and O–H groups in total. The van der Waals surface area contributed by atoms with E-state index < -0.39 is 155 Å². The van der Waals surface area contributed by atoms with Crippen LogP contribution in [0.3, 0.4) is 0 Å². The van der Waals surface area contributed by atoms with Crippen LogP contribution in [0.15, 0.2) is 12.2 Å². The Bertz CT molecular complexity index is 2580. The number of piperidine rings is 1. The number of hydrogen-bond acceptors (Lipinski definition) is 14. The molecule has 0 aromatic rings. The van der Waals surface area contributed by atoms with E-state index in [4.69, 9.17) is 0 Å². The van der Waals surface area contributed by atoms with Gasteiger partial charge in [0.05, 0.1) is 6.10 Å². The molecule has 2 heterocycles. The number of likely N-dealkylation sites (N-methyl/N-ethyl adjacent to an activating group) is 7. The number of likely N-dealkylation sites (tertiary alicyclic amines) is 1. The molecule has 0 bridgehead atoms. The van der Waals surface area contributed by atoms with E-state index in [0.29, 0.717) is 6.42 Å². The van der Waals surface area contributed by atoms with Crippen LogP contribution in [-0.4, -0.2) is 262 Å². The fourth-order valence-electron chi connectivity index (χ4n) is 12.4. The minimum atomic E-state index is -1.63. The Labute approximate surface area is 568 Å². The van der Waals surface area contributed by atoms with Crippen molar-refractivity contribution < 1.29 is 57.8 Å². The lowest BCUT2D eigenvalue weighted by molar-refractivity contribution is -0.157. The van der Waals surface area contributed by atoms with Gasteiger partial charge >= 0.3 is 0 Å². The van der Waals surface area contributed by atoms with Crippen LogP contribution < -0.4 is 21.3 Å². The second-order valence-electron chi connectivity index (χ2n) is 29.1. The molecule has 2 fully saturated rings. The van der Waals surface area contributed by atoms with Gasteiger partial charge in [0, 0.05) is 60.3 Å². The van der Waals surface area contributed by atoms with Crippen molar-refractivity contribution in [1.29, 1.82) is 0 Å². The van der Waals surface area contributed by atoms with Crippen LogP contribution in [0.1, 0.15) is 169 Å². The molecule has 13 atom stereocenters. The predicted octanol–water partition coefficient (Wildman–Crippen LogP) is 4.47. The zero-order chi connectivity index (χ0) is 72.2. The van der Waals surface area contributed by atoms with E-state index in [1.165, 1.54) is 92.6 Å². The Hall–Kier alpha value is -5.82. The van der Waals surface area contributed by atoms with Crippen molar-refractivity contribution in [1.82, 2.24) is 60.5 Å². The van der Waals surface area contributed by atoms with Crippen molar-refractivity contribution in [2.24, 2.45) is 41.4 Å². The van der Waals surface area contributed by atoms with Crippen LogP contribution in [0, 0.1) is 41.4 Å². The predicted molar refractivity (Wildman–Crippen MR) is 370 cm³/mol. The molecular formula is C69H124N12O12S. The van der Waals surface area contributed by atoms with Crippen LogP contribution in [0.25, 0.3) is 0 Å². The lowest BCUT2D eigenvalue weighted by Crippen LogP contribution is -2.64. The molecule has 24 nitrogen and oxygen atoms in total. The number of hydrogen-bond donors (Lipinski definition) is 5. The molecule has 11 amide bonds. The zero-order valence-corrected chi connectivity index (χ0v) is 62.7. The smallest absolute Gasteiger partial charge is 0.246 e. The Balaban J connectivity index is 3.11. The number of thioether (sulfide) groups is 1. The summed E-state index contributed by atoms with van der Waals surface area (Å²) in [7, 11) is 12.2. The summed E-state index contributed by atoms with van der Waals surface area (Å²) in [6, 6.07) is -13.7. The minimum Gasteiger partial charge on any atom is -0.390 e. The molecule has 2 aliphatic rings. The summed E-state index contributed by atoms with van der Waals surface area (Å²) in [5, 5.41) is 23.7. The normalized spacial score (nSPS) is 27.7. The molecule has 0 radical (unpaired) electrons. The van der Waals surface area contributed by atoms with E-state index in [1.807, 2.05) is 75.4 Å². The molecule has 94 heavy (non-hydrogen) atoms. The number of nitrogens with one attached hydrogen (secondary N) is 4. The number of rotatable bonds is 18. The van der Waals surface area contributed by atoms with E-state index in [2.05, 4.69) is 26.2 Å². The minimum absolute atomic E-state index is 0.0177. The summed E-state index contributed by atoms with van der Waals surface area (Å²) in [4.78, 5) is 176. The summed E-state index contributed by atoms with van der Waals surface area (Å²) in [6.07, 6.45) is 4.69. The highest BCUT2D eigenvalue weighted by molar-refractivity contribution is 8.00. The van der Waals surface area contributed by atoms with E-state index in [0.717, 1.165) is 30.8 Å². The quantitative estimate of drug-likeness (QED) is 0.119. The highest BCUT2D eigenvalue weighted by Crippen LogP contribution is 2.29. The third-order valence-corrected chi connectivity index (χ3v) is 20.0. The van der Waals surface area contributed by atoms with Crippen LogP contribution in [0.4, 0.5) is 0 Å². The van der Waals surface area contributed by atoms with E-state index in [1.54, 1.807) is 59.4 Å². The van der Waals surface area contributed by atoms with Gasteiger partial charge in [0.15, 0.2) is 0 Å². The Morgan fingerprint density at radius 1 is 0.457 bits per heavy atom. The number of carbonyl (C=O) groups excluding carboxylic acids is 11. The van der Waals surface area contributed by atoms with Gasteiger partial charge in [0.2, 0.25) is 65.0 Å². The first-order valence-corrected chi connectivity index (χ1v) is 35.3. The van der Waals surface area contributed by atoms with Gasteiger partial charge in [-0.3, -0.25) is 52.7 Å². The summed E-state index contributed by atoms with van der Waals surface area (Å²) >= 11 is 1.55. The standard InChI is InChI=1S/C69H124N12O12S/c1-26-28-29-45(15)58(82)57-62(86)72-49(27-2)64(88)79(23)54(38-94-48-30-32-74(18)33-31-48)67(91)75(19)51(35-40(5)6)61(85)73-55(43(11)12)68(92)76(20)50(34-39(3)4)60(84)70-46(16)59(83)71-47(17)63(87)77(21)52(36-41(7)8)65(89)78(22)53(37-42(9)10)66(90)80(24)56(44(13)14)69(93)81(57)25/h26,28,39-58,82H,27,29-38H2,1-25H3,(H,70,84)(H,71,83)(H,72,86)(H,73,85)/b28-26+/t45-,46-,47+,49-,50?,51+,52-,53-,54-,55-,56-,57-,58-/m1/s1. The molecule has 0 aromatic carbocycles. The van der Waals surface area contributed by atoms with E-state index in [9.17, 15) is 29.1 Å². The molecular weight excluding hydrogens is 1220 g/mol. The summed E-state index contributed by atoms with van der Waals surface area (Å²) < 4.78 is 0. The first kappa shape index (κ1) is 84.3. The highest BCUT2D eigenvalue weighted by atomic mass is 32.2. The van der Waals surface area contributed by atoms with Crippen LogP contribution in [0.2, 0.25) is 0 Å². The number of carbonyl (C=O) groups is 11. The average molecular weight is 1350 g/mol. The van der Waals surface area contributed by atoms with Gasteiger partial charge in [-0.25, -0.2) is 0 Å². The van der Waals surface area contributed by atoms with Gasteiger partial charge in [0.1, 0.15) is 66.5 Å². The van der Waals surface area contributed by atoms with Crippen molar-refractivity contribution in [3.8, 4) is 0 Å². The monoisotopic (exact) mass is 1340 g/mol. The lowest BCUT2D eigenvalue weighted by Gasteiger charge is -2.41. The average Bonchev–Trinajstić information content (AvgIpc) is 0.810. The maximum Gasteiger partial charge on any atom is 0.246 e. The SMILES string of the molecule is C/C=C/C[C@@H](C)[C@@H](O)[C@@H]1C(=O)N[C@H](CC)C(=O)N(C)[C@H](CSC2CCN(C)CC2)C(=O)N(C)[C@@H](CC(C)C)C(=O)N[C@H](C(C)C)C(=O)N(C)C(CC(C)C)C(=O)N[C@H](C)C(=O)N[C@@H](C)C(=O)N(C)[C@H](CC(C)C)C(=O)N(C)[C@H](CC(C)C)C(=O)N(C)[C@H](C(C)C)C(=O)N1C. The Morgan fingerprint density at radius 2 is 0.862 bits per heavy atom. The molecule has 0 spiro atoms. The molecule has 2 rings (SSSR count). The van der Waals surface area contributed by atoms with E-state index >= 15 is 28.8 Å². The first-order chi connectivity index (χ1) is 43.6. The fraction of sp³-hybridized carbons (Fsp3) is 0.812. The molecule has 0 aliphatic carbocycles. The van der Waals surface area contributed by atoms with E-state index in [-0.39, 0.29) is 66.8 Å². The zero-order valence-electron chi connectivity index (χ0n) is 61.9. The summed E-state index contributed by atoms with van der Waals surface area (Å²) in [5.41, 5.74) is 0. The van der Waals surface area contributed by atoms with Crippen molar-refractivity contribution in [2.75, 3.05) is 75.2 Å². The number of amides is 11. The number of aliphatic hydroxyl groups excluding tert-OH is 1. The molecule has 1 unspecified atom stereocenters. The van der Waals surface area contributed by atoms with Gasteiger partial charge in [0.25, 0.3) is 0 Å². The second-order valence-corrected chi connectivity index (χ2v) is 30.5. The topological polar surface area (TPSA) is 282 Å². The second kappa shape index (κ2) is 38.8. The molecule has 25 heteroatoms. The molecule has 538 valence electrons. The van der Waals surface area contributed by atoms with Gasteiger partial charge < -0.3 is 65.6 Å². The maximum absolute atomic E-state index is 15.5. The highest BCUT2D eigenvalue weighted by Gasteiger charge is 2.47. The van der Waals surface area contributed by atoms with Gasteiger partial charge in [-0.15, -0.1) is 0 Å². The van der Waals surface area contributed by atoms with Crippen molar-refractivity contribution in [3.63, 3.8) is 0 Å². The number of allylic oxidation sites excluding steroid dienone is 2. The van der Waals surface area contributed by atoms with Crippen molar-refractivity contribution in [2.45, 2.75) is 247 Å². The molecule has 2 aliphatic heterocycles. The van der Waals surface area contributed by atoms with Crippen LogP contribution >= 0.6 is 11.8 Å². The Kier molecular flexibility index (Phi) is 34.8. The first-order valence-electron chi connectivity index (χ1n) is 34.3. The molecule has 2 saturated heterocycles. The van der Waals surface area contributed by atoms with Gasteiger partial charge in [-0.1, -0.05) is 109 Å². The van der Waals surface area contributed by atoms with Gasteiger partial charge in [-0.05, 0) is 134 Å². The lowest BCUT2D eigenvalue weighted by atomic mass is 9.91. The number of aliphatic hydroxyl groups is 1. The summed E-state index contributed by atoms with van der Waals surface area (Å²) in [6.45, 7) is 31.8. The van der Waals surface area contributed by atoms with Crippen LogP contribution in [0.5, 0.6) is 0 Å². The number of nitrogens with zero attached hydrogens (tertiary/aromatic N) is 8. The third kappa shape index (κ3) is 23.5. The molecule has 0 saturated carbocycles. The summed E-state index contributed by atoms with van der Waals surface area (Å²) in [5.74, 6) is -9.51. The van der Waals surface area contributed by atoms with Crippen molar-refractivity contribution >= 4 is 76.7 Å². The maximum atomic E-state index is 15.5. The van der Waals surface area contributed by atoms with Crippen molar-refractivity contribution in [3.05, 3.63) is 12.2 Å². The van der Waals surface area contributed by atoms with Gasteiger partial charge in [-0.2, -0.15) is 11.8 Å².